The number of carbonyl (C=O) groups is 2. The van der Waals surface area contributed by atoms with E-state index >= 15 is 0 Å². The summed E-state index contributed by atoms with van der Waals surface area (Å²) in [6.45, 7) is 8.84. The van der Waals surface area contributed by atoms with Gasteiger partial charge in [0.25, 0.3) is 5.91 Å². The minimum atomic E-state index is -0.675. The number of aryl methyl sites for hydroxylation is 2. The molecule has 0 saturated carbocycles. The minimum absolute atomic E-state index is 0.151. The van der Waals surface area contributed by atoms with Gasteiger partial charge in [-0.2, -0.15) is 0 Å². The lowest BCUT2D eigenvalue weighted by atomic mass is 10.0. The molecule has 5 nitrogen and oxygen atoms in total. The van der Waals surface area contributed by atoms with Crippen LogP contribution in [-0.4, -0.2) is 35.9 Å². The molecule has 0 aliphatic heterocycles. The zero-order valence-electron chi connectivity index (χ0n) is 21.5. The number of nitrogens with one attached hydrogen (secondary N) is 1. The molecule has 0 radical (unpaired) electrons. The minimum Gasteiger partial charge on any atom is -0.484 e. The quantitative estimate of drug-likeness (QED) is 0.325. The zero-order chi connectivity index (χ0) is 26.1. The van der Waals surface area contributed by atoms with Crippen LogP contribution in [0.2, 0.25) is 0 Å². The van der Waals surface area contributed by atoms with E-state index in [1.54, 1.807) is 4.90 Å². The Kier molecular flexibility index (Phi) is 10.1. The third kappa shape index (κ3) is 8.23. The molecule has 6 heteroatoms. The van der Waals surface area contributed by atoms with Crippen LogP contribution in [0.5, 0.6) is 5.75 Å². The van der Waals surface area contributed by atoms with Gasteiger partial charge in [-0.05, 0) is 66.3 Å². The van der Waals surface area contributed by atoms with Crippen LogP contribution in [0.4, 0.5) is 0 Å². The number of hydrogen-bond acceptors (Lipinski definition) is 3. The van der Waals surface area contributed by atoms with Crippen LogP contribution in [-0.2, 0) is 22.6 Å². The normalized spacial score (nSPS) is 11.7. The molecule has 0 saturated heterocycles. The summed E-state index contributed by atoms with van der Waals surface area (Å²) in [4.78, 5) is 28.7. The van der Waals surface area contributed by atoms with Gasteiger partial charge in [-0.25, -0.2) is 0 Å². The number of benzene rings is 3. The lowest BCUT2D eigenvalue weighted by molar-refractivity contribution is -0.142. The van der Waals surface area contributed by atoms with E-state index in [0.29, 0.717) is 31.2 Å². The van der Waals surface area contributed by atoms with Crippen molar-refractivity contribution in [3.8, 4) is 5.75 Å². The second-order valence-electron chi connectivity index (χ2n) is 9.53. The molecule has 0 aliphatic rings. The molecular weight excluding hydrogens is 516 g/mol. The summed E-state index contributed by atoms with van der Waals surface area (Å²) >= 11 is 3.47. The monoisotopic (exact) mass is 550 g/mol. The van der Waals surface area contributed by atoms with Gasteiger partial charge < -0.3 is 15.0 Å². The third-order valence-electron chi connectivity index (χ3n) is 6.06. The van der Waals surface area contributed by atoms with E-state index in [1.165, 1.54) is 0 Å². The van der Waals surface area contributed by atoms with E-state index < -0.39 is 6.04 Å². The van der Waals surface area contributed by atoms with Crippen molar-refractivity contribution >= 4 is 27.7 Å². The first kappa shape index (κ1) is 27.5. The van der Waals surface area contributed by atoms with Crippen LogP contribution in [0.3, 0.4) is 0 Å². The van der Waals surface area contributed by atoms with Gasteiger partial charge in [-0.3, -0.25) is 9.59 Å². The highest BCUT2D eigenvalue weighted by molar-refractivity contribution is 9.10. The molecule has 3 rings (SSSR count). The van der Waals surface area contributed by atoms with E-state index in [2.05, 4.69) is 35.1 Å². The molecule has 0 aromatic heterocycles. The summed E-state index contributed by atoms with van der Waals surface area (Å²) in [6, 6.07) is 22.7. The van der Waals surface area contributed by atoms with Crippen molar-refractivity contribution < 1.29 is 14.3 Å². The molecule has 0 bridgehead atoms. The topological polar surface area (TPSA) is 58.6 Å². The first-order valence-corrected chi connectivity index (χ1v) is 13.1. The fourth-order valence-electron chi connectivity index (χ4n) is 3.79. The van der Waals surface area contributed by atoms with Gasteiger partial charge in [0.2, 0.25) is 5.91 Å². The largest absolute Gasteiger partial charge is 0.484 e. The maximum absolute atomic E-state index is 13.6. The molecule has 0 spiro atoms. The van der Waals surface area contributed by atoms with Crippen LogP contribution in [0.15, 0.2) is 77.3 Å². The van der Waals surface area contributed by atoms with Crippen LogP contribution in [0.25, 0.3) is 0 Å². The van der Waals surface area contributed by atoms with Crippen molar-refractivity contribution in [1.29, 1.82) is 0 Å². The van der Waals surface area contributed by atoms with E-state index in [-0.39, 0.29) is 18.4 Å². The van der Waals surface area contributed by atoms with E-state index in [9.17, 15) is 9.59 Å². The SMILES string of the molecule is Cc1ccc(OCC(=O)N(Cc2ccc(Br)cc2)[C@@H](Cc2ccccc2)C(=O)NCC(C)C)cc1C. The number of amides is 2. The Morgan fingerprint density at radius 2 is 1.61 bits per heavy atom. The summed E-state index contributed by atoms with van der Waals surface area (Å²) in [5.41, 5.74) is 4.19. The number of rotatable bonds is 11. The van der Waals surface area contributed by atoms with Crippen molar-refractivity contribution in [1.82, 2.24) is 10.2 Å². The molecular formula is C30H35BrN2O3. The van der Waals surface area contributed by atoms with E-state index in [4.69, 9.17) is 4.74 Å². The van der Waals surface area contributed by atoms with Crippen molar-refractivity contribution in [2.24, 2.45) is 5.92 Å². The highest BCUT2D eigenvalue weighted by Crippen LogP contribution is 2.19. The predicted octanol–water partition coefficient (Wildman–Crippen LogP) is 5.86. The van der Waals surface area contributed by atoms with Crippen molar-refractivity contribution in [3.63, 3.8) is 0 Å². The summed E-state index contributed by atoms with van der Waals surface area (Å²) in [5, 5.41) is 3.04. The first-order valence-electron chi connectivity index (χ1n) is 12.3. The fourth-order valence-corrected chi connectivity index (χ4v) is 4.06. The molecule has 3 aromatic carbocycles. The predicted molar refractivity (Wildman–Crippen MR) is 148 cm³/mol. The maximum Gasteiger partial charge on any atom is 0.261 e. The van der Waals surface area contributed by atoms with Gasteiger partial charge in [0.15, 0.2) is 6.61 Å². The highest BCUT2D eigenvalue weighted by atomic mass is 79.9. The molecule has 0 aliphatic carbocycles. The standard InChI is InChI=1S/C30H35BrN2O3/c1-21(2)18-32-30(35)28(17-24-8-6-5-7-9-24)33(19-25-11-13-26(31)14-12-25)29(34)20-36-27-15-10-22(3)23(4)16-27/h5-16,21,28H,17-20H2,1-4H3,(H,32,35)/t28-/m0/s1. The van der Waals surface area contributed by atoms with Gasteiger partial charge in [0.05, 0.1) is 0 Å². The molecule has 1 atom stereocenters. The summed E-state index contributed by atoms with van der Waals surface area (Å²) in [7, 11) is 0. The Labute approximate surface area is 223 Å². The Balaban J connectivity index is 1.89. The molecule has 0 heterocycles. The van der Waals surface area contributed by atoms with Gasteiger partial charge >= 0.3 is 0 Å². The Bertz CT molecular complexity index is 1150. The molecule has 0 unspecified atom stereocenters. The second-order valence-corrected chi connectivity index (χ2v) is 10.4. The third-order valence-corrected chi connectivity index (χ3v) is 6.59. The zero-order valence-corrected chi connectivity index (χ0v) is 23.0. The average molecular weight is 552 g/mol. The molecule has 0 fully saturated rings. The average Bonchev–Trinajstić information content (AvgIpc) is 2.87. The highest BCUT2D eigenvalue weighted by Gasteiger charge is 2.30. The van der Waals surface area contributed by atoms with Gasteiger partial charge in [-0.15, -0.1) is 0 Å². The van der Waals surface area contributed by atoms with Gasteiger partial charge in [-0.1, -0.05) is 78.3 Å². The lowest BCUT2D eigenvalue weighted by Gasteiger charge is -2.31. The molecule has 3 aromatic rings. The molecule has 36 heavy (non-hydrogen) atoms. The van der Waals surface area contributed by atoms with Crippen LogP contribution >= 0.6 is 15.9 Å². The van der Waals surface area contributed by atoms with Crippen LogP contribution in [0, 0.1) is 19.8 Å². The summed E-state index contributed by atoms with van der Waals surface area (Å²) in [5.74, 6) is 0.537. The van der Waals surface area contributed by atoms with Gasteiger partial charge in [0, 0.05) is 24.0 Å². The number of ether oxygens (including phenoxy) is 1. The first-order chi connectivity index (χ1) is 17.2. The number of halogens is 1. The van der Waals surface area contributed by atoms with E-state index in [0.717, 1.165) is 26.7 Å². The number of nitrogens with zero attached hydrogens (tertiary/aromatic N) is 1. The molecule has 2 amide bonds. The molecule has 1 N–H and O–H groups in total. The van der Waals surface area contributed by atoms with Crippen LogP contribution < -0.4 is 10.1 Å². The second kappa shape index (κ2) is 13.3. The maximum atomic E-state index is 13.6. The van der Waals surface area contributed by atoms with Gasteiger partial charge in [0.1, 0.15) is 11.8 Å². The van der Waals surface area contributed by atoms with Crippen molar-refractivity contribution in [2.45, 2.75) is 46.7 Å². The lowest BCUT2D eigenvalue weighted by Crippen LogP contribution is -2.52. The fraction of sp³-hybridized carbons (Fsp3) is 0.333. The Hall–Kier alpha value is -3.12. The summed E-state index contributed by atoms with van der Waals surface area (Å²) < 4.78 is 6.85. The number of hydrogen-bond donors (Lipinski definition) is 1. The van der Waals surface area contributed by atoms with Crippen molar-refractivity contribution in [3.05, 3.63) is 99.5 Å². The number of carbonyl (C=O) groups excluding carboxylic acids is 2. The smallest absolute Gasteiger partial charge is 0.261 e. The van der Waals surface area contributed by atoms with Crippen LogP contribution in [0.1, 0.15) is 36.1 Å². The Morgan fingerprint density at radius 3 is 2.25 bits per heavy atom. The molecule has 190 valence electrons. The van der Waals surface area contributed by atoms with E-state index in [1.807, 2.05) is 86.6 Å². The summed E-state index contributed by atoms with van der Waals surface area (Å²) in [6.07, 6.45) is 0.413. The van der Waals surface area contributed by atoms with Crippen molar-refractivity contribution in [2.75, 3.05) is 13.2 Å². The Morgan fingerprint density at radius 1 is 0.917 bits per heavy atom.